The van der Waals surface area contributed by atoms with Crippen LogP contribution in [-0.4, -0.2) is 61.2 Å². The maximum atomic E-state index is 12.3. The van der Waals surface area contributed by atoms with Crippen LogP contribution in [0.2, 0.25) is 0 Å². The standard InChI is InChI=1S/C21H24N4O3/c1-2-24-20(27)15-25(21(24)28)18-5-3-16(4-6-18)22-11-13-23(14-12-22)17-7-9-19(26)10-8-17/h3-10,26H,2,11-15H2,1H3. The van der Waals surface area contributed by atoms with Gasteiger partial charge in [0.25, 0.3) is 5.91 Å². The van der Waals surface area contributed by atoms with E-state index < -0.39 is 0 Å². The van der Waals surface area contributed by atoms with E-state index in [1.54, 1.807) is 19.1 Å². The average molecular weight is 380 g/mol. The van der Waals surface area contributed by atoms with Crippen LogP contribution in [0.1, 0.15) is 6.92 Å². The minimum Gasteiger partial charge on any atom is -0.508 e. The summed E-state index contributed by atoms with van der Waals surface area (Å²) in [5.74, 6) is 0.129. The SMILES string of the molecule is CCN1C(=O)CN(c2ccc(N3CCN(c4ccc(O)cc4)CC3)cc2)C1=O. The van der Waals surface area contributed by atoms with Gasteiger partial charge in [-0.05, 0) is 55.5 Å². The fourth-order valence-electron chi connectivity index (χ4n) is 3.78. The molecular formula is C21H24N4O3. The number of phenols is 1. The Morgan fingerprint density at radius 2 is 1.25 bits per heavy atom. The van der Waals surface area contributed by atoms with Crippen LogP contribution < -0.4 is 14.7 Å². The first-order valence-corrected chi connectivity index (χ1v) is 9.57. The number of carbonyl (C=O) groups is 2. The van der Waals surface area contributed by atoms with Crippen molar-refractivity contribution in [3.05, 3.63) is 48.5 Å². The fraction of sp³-hybridized carbons (Fsp3) is 0.333. The molecule has 2 aliphatic heterocycles. The van der Waals surface area contributed by atoms with Crippen LogP contribution in [0.15, 0.2) is 48.5 Å². The molecule has 0 bridgehead atoms. The maximum absolute atomic E-state index is 12.3. The molecule has 2 aromatic rings. The molecule has 0 spiro atoms. The van der Waals surface area contributed by atoms with Crippen LogP contribution in [0.3, 0.4) is 0 Å². The van der Waals surface area contributed by atoms with Crippen molar-refractivity contribution >= 4 is 29.0 Å². The summed E-state index contributed by atoms with van der Waals surface area (Å²) in [5.41, 5.74) is 2.98. The van der Waals surface area contributed by atoms with Crippen molar-refractivity contribution in [2.75, 3.05) is 54.0 Å². The number of imide groups is 1. The van der Waals surface area contributed by atoms with Crippen LogP contribution in [0.25, 0.3) is 0 Å². The topological polar surface area (TPSA) is 67.3 Å². The number of phenolic OH excluding ortho intramolecular Hbond substituents is 1. The van der Waals surface area contributed by atoms with Crippen molar-refractivity contribution in [3.63, 3.8) is 0 Å². The van der Waals surface area contributed by atoms with Crippen molar-refractivity contribution in [2.45, 2.75) is 6.92 Å². The Balaban J connectivity index is 1.39. The third-order valence-corrected chi connectivity index (χ3v) is 5.39. The number of nitrogens with zero attached hydrogens (tertiary/aromatic N) is 4. The van der Waals surface area contributed by atoms with E-state index in [0.717, 1.165) is 43.2 Å². The van der Waals surface area contributed by atoms with Gasteiger partial charge < -0.3 is 14.9 Å². The quantitative estimate of drug-likeness (QED) is 0.826. The minimum atomic E-state index is -0.247. The third-order valence-electron chi connectivity index (χ3n) is 5.39. The zero-order chi connectivity index (χ0) is 19.7. The predicted molar refractivity (Wildman–Crippen MR) is 109 cm³/mol. The van der Waals surface area contributed by atoms with Crippen molar-refractivity contribution < 1.29 is 14.7 Å². The van der Waals surface area contributed by atoms with Crippen LogP contribution in [0.4, 0.5) is 21.9 Å². The summed E-state index contributed by atoms with van der Waals surface area (Å²) in [6.07, 6.45) is 0. The lowest BCUT2D eigenvalue weighted by Crippen LogP contribution is -2.46. The van der Waals surface area contributed by atoms with Gasteiger partial charge in [0.1, 0.15) is 12.3 Å². The molecule has 1 N–H and O–H groups in total. The summed E-state index contributed by atoms with van der Waals surface area (Å²) in [6, 6.07) is 14.9. The number of hydrogen-bond donors (Lipinski definition) is 1. The second-order valence-electron chi connectivity index (χ2n) is 7.01. The first-order chi connectivity index (χ1) is 13.6. The molecule has 0 aliphatic carbocycles. The molecule has 2 heterocycles. The predicted octanol–water partition coefficient (Wildman–Crippen LogP) is 2.51. The molecule has 7 heteroatoms. The van der Waals surface area contributed by atoms with Gasteiger partial charge in [0.05, 0.1) is 0 Å². The Bertz CT molecular complexity index is 858. The number of aromatic hydroxyl groups is 1. The Kier molecular flexibility index (Phi) is 4.81. The molecule has 146 valence electrons. The Morgan fingerprint density at radius 3 is 1.71 bits per heavy atom. The number of piperazine rings is 1. The molecule has 0 unspecified atom stereocenters. The largest absolute Gasteiger partial charge is 0.508 e. The molecule has 7 nitrogen and oxygen atoms in total. The molecule has 2 aromatic carbocycles. The van der Waals surface area contributed by atoms with Gasteiger partial charge in [0.15, 0.2) is 0 Å². The number of hydrogen-bond acceptors (Lipinski definition) is 5. The highest BCUT2D eigenvalue weighted by molar-refractivity contribution is 6.12. The lowest BCUT2D eigenvalue weighted by molar-refractivity contribution is -0.124. The number of anilines is 3. The molecule has 3 amide bonds. The molecule has 0 saturated carbocycles. The van der Waals surface area contributed by atoms with Crippen LogP contribution >= 0.6 is 0 Å². The normalized spacial score (nSPS) is 17.6. The molecule has 2 fully saturated rings. The van der Waals surface area contributed by atoms with Crippen LogP contribution in [-0.2, 0) is 4.79 Å². The molecular weight excluding hydrogens is 356 g/mol. The zero-order valence-electron chi connectivity index (χ0n) is 15.9. The number of likely N-dealkylation sites (N-methyl/N-ethyl adjacent to an activating group) is 1. The molecule has 0 atom stereocenters. The summed E-state index contributed by atoms with van der Waals surface area (Å²) in [5, 5.41) is 9.43. The van der Waals surface area contributed by atoms with Crippen LogP contribution in [0.5, 0.6) is 5.75 Å². The van der Waals surface area contributed by atoms with Gasteiger partial charge in [-0.15, -0.1) is 0 Å². The van der Waals surface area contributed by atoms with Crippen molar-refractivity contribution in [1.82, 2.24) is 4.90 Å². The van der Waals surface area contributed by atoms with Gasteiger partial charge in [-0.2, -0.15) is 0 Å². The monoisotopic (exact) mass is 380 g/mol. The lowest BCUT2D eigenvalue weighted by Gasteiger charge is -2.37. The summed E-state index contributed by atoms with van der Waals surface area (Å²) in [4.78, 5) is 31.7. The first kappa shape index (κ1) is 18.2. The van der Waals surface area contributed by atoms with Gasteiger partial charge >= 0.3 is 6.03 Å². The highest BCUT2D eigenvalue weighted by Crippen LogP contribution is 2.26. The summed E-state index contributed by atoms with van der Waals surface area (Å²) in [6.45, 7) is 5.90. The van der Waals surface area contributed by atoms with E-state index in [2.05, 4.69) is 9.80 Å². The van der Waals surface area contributed by atoms with Crippen molar-refractivity contribution in [2.24, 2.45) is 0 Å². The Hall–Kier alpha value is -3.22. The molecule has 0 aromatic heterocycles. The summed E-state index contributed by atoms with van der Waals surface area (Å²) < 4.78 is 0. The number of benzene rings is 2. The van der Waals surface area contributed by atoms with Crippen molar-refractivity contribution in [3.8, 4) is 5.75 Å². The fourth-order valence-corrected chi connectivity index (χ4v) is 3.78. The molecule has 28 heavy (non-hydrogen) atoms. The Labute approximate surface area is 164 Å². The van der Waals surface area contributed by atoms with Crippen molar-refractivity contribution in [1.29, 1.82) is 0 Å². The maximum Gasteiger partial charge on any atom is 0.331 e. The van der Waals surface area contributed by atoms with E-state index in [9.17, 15) is 14.7 Å². The number of rotatable bonds is 4. The number of urea groups is 1. The van der Waals surface area contributed by atoms with E-state index in [0.29, 0.717) is 6.54 Å². The van der Waals surface area contributed by atoms with Gasteiger partial charge in [-0.25, -0.2) is 4.79 Å². The minimum absolute atomic E-state index is 0.108. The van der Waals surface area contributed by atoms with E-state index in [-0.39, 0.29) is 24.2 Å². The second kappa shape index (κ2) is 7.42. The van der Waals surface area contributed by atoms with E-state index in [4.69, 9.17) is 0 Å². The highest BCUT2D eigenvalue weighted by Gasteiger charge is 2.35. The van der Waals surface area contributed by atoms with E-state index in [1.807, 2.05) is 36.4 Å². The zero-order valence-corrected chi connectivity index (χ0v) is 15.9. The number of carbonyl (C=O) groups excluding carboxylic acids is 2. The summed E-state index contributed by atoms with van der Waals surface area (Å²) in [7, 11) is 0. The highest BCUT2D eigenvalue weighted by atomic mass is 16.3. The number of amides is 3. The van der Waals surface area contributed by atoms with E-state index >= 15 is 0 Å². The first-order valence-electron chi connectivity index (χ1n) is 9.57. The lowest BCUT2D eigenvalue weighted by atomic mass is 10.2. The molecule has 2 aliphatic rings. The molecule has 0 radical (unpaired) electrons. The Morgan fingerprint density at radius 1 is 0.786 bits per heavy atom. The van der Waals surface area contributed by atoms with Gasteiger partial charge in [-0.1, -0.05) is 0 Å². The van der Waals surface area contributed by atoms with Crippen LogP contribution in [0, 0.1) is 0 Å². The average Bonchev–Trinajstić information content (AvgIpc) is 3.02. The molecule has 2 saturated heterocycles. The van der Waals surface area contributed by atoms with Gasteiger partial charge in [0, 0.05) is 49.8 Å². The molecule has 4 rings (SSSR count). The van der Waals surface area contributed by atoms with Gasteiger partial charge in [-0.3, -0.25) is 14.6 Å². The third kappa shape index (κ3) is 3.35. The second-order valence-corrected chi connectivity index (χ2v) is 7.01. The smallest absolute Gasteiger partial charge is 0.331 e. The van der Waals surface area contributed by atoms with E-state index in [1.165, 1.54) is 9.80 Å². The summed E-state index contributed by atoms with van der Waals surface area (Å²) >= 11 is 0. The van der Waals surface area contributed by atoms with Gasteiger partial charge in [0.2, 0.25) is 0 Å².